The Labute approximate surface area is 123 Å². The molecule has 5 nitrogen and oxygen atoms in total. The molecular formula is C12H16F3N3O2S. The number of carbonyl (C=O) groups is 1. The second-order valence-electron chi connectivity index (χ2n) is 5.28. The average molecular weight is 323 g/mol. The van der Waals surface area contributed by atoms with Crippen molar-refractivity contribution in [2.24, 2.45) is 5.92 Å². The fourth-order valence-electron chi connectivity index (χ4n) is 2.57. The number of halogens is 3. The molecule has 0 unspecified atom stereocenters. The summed E-state index contributed by atoms with van der Waals surface area (Å²) in [6.07, 6.45) is -1.41. The van der Waals surface area contributed by atoms with Gasteiger partial charge in [-0.05, 0) is 31.6 Å². The zero-order valence-corrected chi connectivity index (χ0v) is 12.2. The van der Waals surface area contributed by atoms with Gasteiger partial charge in [-0.3, -0.25) is 0 Å². The van der Waals surface area contributed by atoms with Crippen molar-refractivity contribution >= 4 is 22.6 Å². The van der Waals surface area contributed by atoms with Crippen LogP contribution in [0.4, 0.5) is 18.3 Å². The summed E-state index contributed by atoms with van der Waals surface area (Å²) >= 11 is 0.537. The SMILES string of the molecule is CCC1CCC(Nc2nc(C(F)(F)F)ns2)(C(=O)O)CC1. The number of nitrogens with zero attached hydrogens (tertiary/aromatic N) is 2. The van der Waals surface area contributed by atoms with Gasteiger partial charge in [0.25, 0.3) is 0 Å². The highest BCUT2D eigenvalue weighted by Gasteiger charge is 2.43. The number of carboxylic acid groups (broad SMARTS) is 1. The van der Waals surface area contributed by atoms with E-state index >= 15 is 0 Å². The fraction of sp³-hybridized carbons (Fsp3) is 0.750. The summed E-state index contributed by atoms with van der Waals surface area (Å²) in [6, 6.07) is 0. The molecule has 0 atom stereocenters. The number of aliphatic carboxylic acids is 1. The number of alkyl halides is 3. The van der Waals surface area contributed by atoms with Gasteiger partial charge >= 0.3 is 12.1 Å². The van der Waals surface area contributed by atoms with Crippen molar-refractivity contribution in [2.45, 2.75) is 50.7 Å². The van der Waals surface area contributed by atoms with Crippen molar-refractivity contribution in [3.63, 3.8) is 0 Å². The van der Waals surface area contributed by atoms with Crippen LogP contribution in [0.25, 0.3) is 0 Å². The topological polar surface area (TPSA) is 75.1 Å². The average Bonchev–Trinajstić information content (AvgIpc) is 2.88. The van der Waals surface area contributed by atoms with E-state index in [0.29, 0.717) is 30.3 Å². The van der Waals surface area contributed by atoms with Crippen LogP contribution in [0.2, 0.25) is 0 Å². The molecule has 2 N–H and O–H groups in total. The van der Waals surface area contributed by atoms with Crippen LogP contribution in [-0.4, -0.2) is 26.0 Å². The van der Waals surface area contributed by atoms with Crippen molar-refractivity contribution in [3.05, 3.63) is 5.82 Å². The molecule has 1 saturated carbocycles. The molecule has 2 rings (SSSR count). The van der Waals surface area contributed by atoms with Crippen LogP contribution in [0.15, 0.2) is 0 Å². The van der Waals surface area contributed by atoms with Gasteiger partial charge in [0.2, 0.25) is 11.0 Å². The van der Waals surface area contributed by atoms with Gasteiger partial charge in [0.1, 0.15) is 5.54 Å². The number of carboxylic acids is 1. The molecule has 1 aromatic rings. The van der Waals surface area contributed by atoms with Crippen LogP contribution < -0.4 is 5.32 Å². The molecule has 1 fully saturated rings. The maximum Gasteiger partial charge on any atom is 0.452 e. The van der Waals surface area contributed by atoms with E-state index in [0.717, 1.165) is 19.3 Å². The van der Waals surface area contributed by atoms with Crippen molar-refractivity contribution in [3.8, 4) is 0 Å². The van der Waals surface area contributed by atoms with E-state index in [-0.39, 0.29) is 5.13 Å². The predicted molar refractivity (Wildman–Crippen MR) is 71.1 cm³/mol. The standard InChI is InChI=1S/C12H16F3N3O2S/c1-2-7-3-5-11(6-4-7,9(19)20)17-10-16-8(18-21-10)12(13,14)15/h7H,2-6H2,1H3,(H,19,20)(H,16,17,18). The van der Waals surface area contributed by atoms with Crippen LogP contribution in [0, 0.1) is 5.92 Å². The molecule has 1 aromatic heterocycles. The Morgan fingerprint density at radius 2 is 2.10 bits per heavy atom. The number of aromatic nitrogens is 2. The molecule has 0 bridgehead atoms. The van der Waals surface area contributed by atoms with Crippen molar-refractivity contribution in [1.29, 1.82) is 0 Å². The van der Waals surface area contributed by atoms with Crippen LogP contribution in [0.1, 0.15) is 44.9 Å². The molecule has 1 heterocycles. The molecule has 0 amide bonds. The Morgan fingerprint density at radius 3 is 2.52 bits per heavy atom. The highest BCUT2D eigenvalue weighted by molar-refractivity contribution is 7.09. The van der Waals surface area contributed by atoms with E-state index in [1.165, 1.54) is 0 Å². The van der Waals surface area contributed by atoms with Crippen molar-refractivity contribution < 1.29 is 23.1 Å². The molecule has 0 spiro atoms. The van der Waals surface area contributed by atoms with Gasteiger partial charge in [-0.25, -0.2) is 4.79 Å². The molecular weight excluding hydrogens is 307 g/mol. The van der Waals surface area contributed by atoms with E-state index in [1.54, 1.807) is 0 Å². The minimum absolute atomic E-state index is 0.0975. The van der Waals surface area contributed by atoms with Gasteiger partial charge in [-0.15, -0.1) is 0 Å². The minimum Gasteiger partial charge on any atom is -0.480 e. The number of anilines is 1. The quantitative estimate of drug-likeness (QED) is 0.888. The van der Waals surface area contributed by atoms with Gasteiger partial charge in [0.15, 0.2) is 0 Å². The molecule has 1 aliphatic carbocycles. The molecule has 9 heteroatoms. The third-order valence-corrected chi connectivity index (χ3v) is 4.60. The van der Waals surface area contributed by atoms with Crippen LogP contribution >= 0.6 is 11.5 Å². The summed E-state index contributed by atoms with van der Waals surface area (Å²) in [5.41, 5.74) is -1.24. The third kappa shape index (κ3) is 3.45. The summed E-state index contributed by atoms with van der Waals surface area (Å²) in [7, 11) is 0. The van der Waals surface area contributed by atoms with Gasteiger partial charge in [-0.1, -0.05) is 13.3 Å². The number of hydrogen-bond donors (Lipinski definition) is 2. The van der Waals surface area contributed by atoms with Gasteiger partial charge in [0.05, 0.1) is 0 Å². The summed E-state index contributed by atoms with van der Waals surface area (Å²) in [5, 5.41) is 12.0. The Bertz CT molecular complexity index is 510. The summed E-state index contributed by atoms with van der Waals surface area (Å²) in [6.45, 7) is 2.05. The monoisotopic (exact) mass is 323 g/mol. The largest absolute Gasteiger partial charge is 0.480 e. The highest BCUT2D eigenvalue weighted by atomic mass is 32.1. The Kier molecular flexibility index (Phi) is 4.40. The summed E-state index contributed by atoms with van der Waals surface area (Å²) < 4.78 is 40.6. The van der Waals surface area contributed by atoms with E-state index < -0.39 is 23.5 Å². The molecule has 118 valence electrons. The molecule has 0 aromatic carbocycles. The lowest BCUT2D eigenvalue weighted by atomic mass is 9.75. The first-order valence-corrected chi connectivity index (χ1v) is 7.46. The molecule has 0 aliphatic heterocycles. The maximum absolute atomic E-state index is 12.5. The lowest BCUT2D eigenvalue weighted by molar-refractivity contribution is -0.144. The lowest BCUT2D eigenvalue weighted by Crippen LogP contribution is -2.49. The van der Waals surface area contributed by atoms with E-state index in [4.69, 9.17) is 0 Å². The molecule has 21 heavy (non-hydrogen) atoms. The van der Waals surface area contributed by atoms with E-state index in [9.17, 15) is 23.1 Å². The van der Waals surface area contributed by atoms with Crippen molar-refractivity contribution in [1.82, 2.24) is 9.36 Å². The number of hydrogen-bond acceptors (Lipinski definition) is 5. The number of nitrogens with one attached hydrogen (secondary N) is 1. The smallest absolute Gasteiger partial charge is 0.452 e. The Hall–Kier alpha value is -1.38. The lowest BCUT2D eigenvalue weighted by Gasteiger charge is -2.37. The van der Waals surface area contributed by atoms with E-state index in [2.05, 4.69) is 14.7 Å². The van der Waals surface area contributed by atoms with Crippen molar-refractivity contribution in [2.75, 3.05) is 5.32 Å². The zero-order valence-electron chi connectivity index (χ0n) is 11.4. The van der Waals surface area contributed by atoms with Gasteiger partial charge in [-0.2, -0.15) is 22.5 Å². The van der Waals surface area contributed by atoms with Gasteiger partial charge < -0.3 is 10.4 Å². The fourth-order valence-corrected chi connectivity index (χ4v) is 3.25. The highest BCUT2D eigenvalue weighted by Crippen LogP contribution is 2.37. The molecule has 0 saturated heterocycles. The first-order valence-electron chi connectivity index (χ1n) is 6.69. The molecule has 1 aliphatic rings. The van der Waals surface area contributed by atoms with Crippen LogP contribution in [-0.2, 0) is 11.0 Å². The number of rotatable bonds is 4. The predicted octanol–water partition coefficient (Wildman–Crippen LogP) is 3.39. The first kappa shape index (κ1) is 16.0. The van der Waals surface area contributed by atoms with Crippen LogP contribution in [0.5, 0.6) is 0 Å². The first-order chi connectivity index (χ1) is 9.77. The van der Waals surface area contributed by atoms with Gasteiger partial charge in [0, 0.05) is 11.5 Å². The molecule has 0 radical (unpaired) electrons. The van der Waals surface area contributed by atoms with Crippen LogP contribution in [0.3, 0.4) is 0 Å². The second kappa shape index (κ2) is 5.78. The third-order valence-electron chi connectivity index (χ3n) is 3.97. The minimum atomic E-state index is -4.62. The van der Waals surface area contributed by atoms with E-state index in [1.807, 2.05) is 6.92 Å². The zero-order chi connectivity index (χ0) is 15.7. The summed E-state index contributed by atoms with van der Waals surface area (Å²) in [4.78, 5) is 14.9. The Balaban J connectivity index is 2.14. The Morgan fingerprint density at radius 1 is 1.48 bits per heavy atom. The normalized spacial score (nSPS) is 26.6. The maximum atomic E-state index is 12.5. The summed E-state index contributed by atoms with van der Waals surface area (Å²) in [5.74, 6) is -1.82. The second-order valence-corrected chi connectivity index (χ2v) is 6.04.